The molecule has 112 valence electrons. The van der Waals surface area contributed by atoms with E-state index in [-0.39, 0.29) is 0 Å². The molecule has 0 bridgehead atoms. The maximum atomic E-state index is 12.3. The fraction of sp³-hybridized carbons (Fsp3) is 0.941. The van der Waals surface area contributed by atoms with Crippen LogP contribution in [-0.2, 0) is 4.79 Å². The average molecular weight is 331 g/mol. The first-order chi connectivity index (χ1) is 9.34. The van der Waals surface area contributed by atoms with Gasteiger partial charge in [-0.15, -0.1) is 0 Å². The van der Waals surface area contributed by atoms with Crippen molar-refractivity contribution < 1.29 is 4.79 Å². The van der Waals surface area contributed by atoms with Crippen molar-refractivity contribution in [2.45, 2.75) is 89.9 Å². The van der Waals surface area contributed by atoms with Crippen LogP contribution in [0.4, 0.5) is 0 Å². The van der Waals surface area contributed by atoms with E-state index in [2.05, 4.69) is 15.9 Å². The molecule has 0 aliphatic heterocycles. The minimum absolute atomic E-state index is 0.384. The van der Waals surface area contributed by atoms with Crippen molar-refractivity contribution in [2.75, 3.05) is 5.33 Å². The summed E-state index contributed by atoms with van der Waals surface area (Å²) in [6.07, 6.45) is 17.4. The summed E-state index contributed by atoms with van der Waals surface area (Å²) in [7, 11) is 0. The minimum atomic E-state index is 0.384. The lowest BCUT2D eigenvalue weighted by atomic mass is 9.88. The van der Waals surface area contributed by atoms with Crippen molar-refractivity contribution in [2.24, 2.45) is 5.92 Å². The van der Waals surface area contributed by atoms with Crippen LogP contribution in [0.3, 0.4) is 0 Å². The molecule has 19 heavy (non-hydrogen) atoms. The third-order valence-electron chi connectivity index (χ3n) is 4.37. The van der Waals surface area contributed by atoms with Gasteiger partial charge in [0.2, 0.25) is 0 Å². The molecule has 1 saturated carbocycles. The number of rotatable bonds is 5. The van der Waals surface area contributed by atoms with Crippen LogP contribution in [-0.4, -0.2) is 11.1 Å². The first-order valence-corrected chi connectivity index (χ1v) is 9.55. The largest absolute Gasteiger partial charge is 0.299 e. The highest BCUT2D eigenvalue weighted by molar-refractivity contribution is 9.09. The zero-order chi connectivity index (χ0) is 13.8. The fourth-order valence-corrected chi connectivity index (χ4v) is 3.48. The highest BCUT2D eigenvalue weighted by atomic mass is 79.9. The lowest BCUT2D eigenvalue weighted by Gasteiger charge is -2.16. The van der Waals surface area contributed by atoms with E-state index in [9.17, 15) is 4.79 Å². The molecular weight excluding hydrogens is 300 g/mol. The van der Waals surface area contributed by atoms with Crippen molar-refractivity contribution in [3.05, 3.63) is 0 Å². The van der Waals surface area contributed by atoms with Gasteiger partial charge in [0, 0.05) is 17.7 Å². The lowest BCUT2D eigenvalue weighted by molar-refractivity contribution is -0.123. The molecule has 0 aromatic rings. The summed E-state index contributed by atoms with van der Waals surface area (Å²) >= 11 is 3.48. The van der Waals surface area contributed by atoms with Crippen LogP contribution in [0.15, 0.2) is 0 Å². The number of ketones is 1. The van der Waals surface area contributed by atoms with E-state index in [1.807, 2.05) is 0 Å². The van der Waals surface area contributed by atoms with Crippen LogP contribution in [0.2, 0.25) is 0 Å². The Bertz CT molecular complexity index is 225. The van der Waals surface area contributed by atoms with Gasteiger partial charge in [0.1, 0.15) is 5.78 Å². The Hall–Kier alpha value is 0.150. The average Bonchev–Trinajstić information content (AvgIpc) is 2.41. The molecule has 0 spiro atoms. The molecule has 0 saturated heterocycles. The van der Waals surface area contributed by atoms with Gasteiger partial charge in [0.25, 0.3) is 0 Å². The topological polar surface area (TPSA) is 17.1 Å². The SMILES string of the molecule is O=C1CCCCCCCCCC[C@H]1CCCCCBr. The Morgan fingerprint density at radius 3 is 2.16 bits per heavy atom. The Kier molecular flexibility index (Phi) is 10.8. The molecule has 1 aliphatic carbocycles. The fourth-order valence-electron chi connectivity index (χ4n) is 3.08. The summed E-state index contributed by atoms with van der Waals surface area (Å²) in [6.45, 7) is 0. The first-order valence-electron chi connectivity index (χ1n) is 8.43. The molecule has 0 N–H and O–H groups in total. The summed E-state index contributed by atoms with van der Waals surface area (Å²) in [5, 5.41) is 1.10. The molecule has 0 radical (unpaired) electrons. The summed E-state index contributed by atoms with van der Waals surface area (Å²) < 4.78 is 0. The molecule has 1 aliphatic rings. The van der Waals surface area contributed by atoms with Crippen LogP contribution >= 0.6 is 15.9 Å². The summed E-state index contributed by atoms with van der Waals surface area (Å²) in [4.78, 5) is 12.3. The smallest absolute Gasteiger partial charge is 0.135 e. The number of carbonyl (C=O) groups excluding carboxylic acids is 1. The third-order valence-corrected chi connectivity index (χ3v) is 4.93. The van der Waals surface area contributed by atoms with Crippen LogP contribution in [0.5, 0.6) is 0 Å². The van der Waals surface area contributed by atoms with E-state index >= 15 is 0 Å². The minimum Gasteiger partial charge on any atom is -0.299 e. The van der Waals surface area contributed by atoms with Crippen molar-refractivity contribution in [1.29, 1.82) is 0 Å². The molecule has 1 nitrogen and oxygen atoms in total. The predicted molar refractivity (Wildman–Crippen MR) is 86.9 cm³/mol. The Morgan fingerprint density at radius 2 is 1.47 bits per heavy atom. The van der Waals surface area contributed by atoms with Gasteiger partial charge in [-0.3, -0.25) is 4.79 Å². The van der Waals surface area contributed by atoms with Crippen molar-refractivity contribution in [3.63, 3.8) is 0 Å². The van der Waals surface area contributed by atoms with Crippen LogP contribution in [0.25, 0.3) is 0 Å². The molecule has 1 fully saturated rings. The molecule has 0 amide bonds. The molecule has 1 atom stereocenters. The van der Waals surface area contributed by atoms with Gasteiger partial charge < -0.3 is 0 Å². The van der Waals surface area contributed by atoms with Crippen molar-refractivity contribution in [3.8, 4) is 0 Å². The maximum Gasteiger partial charge on any atom is 0.135 e. The van der Waals surface area contributed by atoms with E-state index < -0.39 is 0 Å². The summed E-state index contributed by atoms with van der Waals surface area (Å²) in [5.41, 5.74) is 0. The molecule has 0 heterocycles. The molecule has 0 aromatic heterocycles. The van der Waals surface area contributed by atoms with Gasteiger partial charge in [-0.1, -0.05) is 73.7 Å². The van der Waals surface area contributed by atoms with Crippen LogP contribution in [0, 0.1) is 5.92 Å². The molecule has 0 unspecified atom stereocenters. The lowest BCUT2D eigenvalue weighted by Crippen LogP contribution is -2.15. The number of hydrogen-bond donors (Lipinski definition) is 0. The second-order valence-corrected chi connectivity index (χ2v) is 6.86. The Balaban J connectivity index is 2.31. The zero-order valence-corrected chi connectivity index (χ0v) is 14.1. The van der Waals surface area contributed by atoms with Crippen molar-refractivity contribution >= 4 is 21.7 Å². The van der Waals surface area contributed by atoms with E-state index in [0.717, 1.165) is 31.0 Å². The second-order valence-electron chi connectivity index (χ2n) is 6.07. The van der Waals surface area contributed by atoms with Gasteiger partial charge in [-0.05, 0) is 25.7 Å². The number of unbranched alkanes of at least 4 members (excludes halogenated alkanes) is 2. The Morgan fingerprint density at radius 1 is 0.842 bits per heavy atom. The van der Waals surface area contributed by atoms with E-state index in [1.54, 1.807) is 0 Å². The summed E-state index contributed by atoms with van der Waals surface area (Å²) in [5.74, 6) is 0.953. The quantitative estimate of drug-likeness (QED) is 0.443. The molecule has 0 aromatic carbocycles. The van der Waals surface area contributed by atoms with Gasteiger partial charge in [-0.2, -0.15) is 0 Å². The number of halogens is 1. The first kappa shape index (κ1) is 17.2. The summed E-state index contributed by atoms with van der Waals surface area (Å²) in [6, 6.07) is 0. The highest BCUT2D eigenvalue weighted by Gasteiger charge is 2.17. The van der Waals surface area contributed by atoms with Crippen molar-refractivity contribution in [1.82, 2.24) is 0 Å². The second kappa shape index (κ2) is 11.9. The van der Waals surface area contributed by atoms with Gasteiger partial charge in [-0.25, -0.2) is 0 Å². The highest BCUT2D eigenvalue weighted by Crippen LogP contribution is 2.23. The van der Waals surface area contributed by atoms with Crippen LogP contribution in [0.1, 0.15) is 89.9 Å². The van der Waals surface area contributed by atoms with E-state index in [0.29, 0.717) is 11.7 Å². The zero-order valence-electron chi connectivity index (χ0n) is 12.5. The van der Waals surface area contributed by atoms with E-state index in [4.69, 9.17) is 0 Å². The molecular formula is C17H31BrO. The number of carbonyl (C=O) groups is 1. The number of alkyl halides is 1. The standard InChI is InChI=1S/C17H31BrO/c18-15-11-7-9-13-16-12-8-5-3-1-2-4-6-10-14-17(16)19/h16H,1-15H2/t16-/m0/s1. The molecule has 2 heteroatoms. The van der Waals surface area contributed by atoms with Crippen LogP contribution < -0.4 is 0 Å². The van der Waals surface area contributed by atoms with Gasteiger partial charge >= 0.3 is 0 Å². The number of Topliss-reactive ketones (excluding diaryl/α,β-unsaturated/α-hetero) is 1. The van der Waals surface area contributed by atoms with Gasteiger partial charge in [0.15, 0.2) is 0 Å². The third kappa shape index (κ3) is 8.83. The molecule has 1 rings (SSSR count). The van der Waals surface area contributed by atoms with E-state index in [1.165, 1.54) is 64.2 Å². The monoisotopic (exact) mass is 330 g/mol. The predicted octanol–water partition coefficient (Wildman–Crippen LogP) is 6.04. The Labute approximate surface area is 128 Å². The maximum absolute atomic E-state index is 12.3. The van der Waals surface area contributed by atoms with Gasteiger partial charge in [0.05, 0.1) is 0 Å². The normalized spacial score (nSPS) is 23.6. The number of hydrogen-bond acceptors (Lipinski definition) is 1.